The van der Waals surface area contributed by atoms with Gasteiger partial charge in [-0.25, -0.2) is 0 Å². The molecule has 1 aromatic carbocycles. The number of ether oxygens (including phenoxy) is 2. The van der Waals surface area contributed by atoms with Crippen molar-refractivity contribution < 1.29 is 14.6 Å². The van der Waals surface area contributed by atoms with Crippen LogP contribution in [-0.2, 0) is 6.54 Å². The largest absolute Gasteiger partial charge is 0.490 e. The quantitative estimate of drug-likeness (QED) is 0.526. The highest BCUT2D eigenvalue weighted by molar-refractivity contribution is 9.10. The number of nitrogens with one attached hydrogen (secondary N) is 2. The van der Waals surface area contributed by atoms with E-state index in [1.807, 2.05) is 26.0 Å². The van der Waals surface area contributed by atoms with E-state index in [1.54, 1.807) is 0 Å². The maximum absolute atomic E-state index is 8.67. The standard InChI is InChI=1S/C15H25BrN2O3/c1-3-20-14-9-12(11-18-6-5-17-7-8-19)13(16)10-15(14)21-4-2/h9-10,17-19H,3-8,11H2,1-2H3. The molecule has 0 bridgehead atoms. The van der Waals surface area contributed by atoms with Gasteiger partial charge < -0.3 is 25.2 Å². The molecule has 1 aromatic rings. The topological polar surface area (TPSA) is 62.8 Å². The molecule has 0 aliphatic carbocycles. The molecule has 0 saturated heterocycles. The van der Waals surface area contributed by atoms with Crippen LogP contribution in [0.2, 0.25) is 0 Å². The number of hydrogen-bond donors (Lipinski definition) is 3. The van der Waals surface area contributed by atoms with Gasteiger partial charge in [-0.2, -0.15) is 0 Å². The molecule has 3 N–H and O–H groups in total. The molecule has 5 nitrogen and oxygen atoms in total. The molecule has 120 valence electrons. The highest BCUT2D eigenvalue weighted by atomic mass is 79.9. The van der Waals surface area contributed by atoms with Crippen LogP contribution < -0.4 is 20.1 Å². The van der Waals surface area contributed by atoms with E-state index in [-0.39, 0.29) is 6.61 Å². The fraction of sp³-hybridized carbons (Fsp3) is 0.600. The fourth-order valence-corrected chi connectivity index (χ4v) is 2.32. The number of aliphatic hydroxyl groups excluding tert-OH is 1. The van der Waals surface area contributed by atoms with Gasteiger partial charge in [0, 0.05) is 30.7 Å². The Bertz CT molecular complexity index is 416. The molecule has 0 amide bonds. The van der Waals surface area contributed by atoms with E-state index < -0.39 is 0 Å². The van der Waals surface area contributed by atoms with Gasteiger partial charge in [0.1, 0.15) is 0 Å². The van der Waals surface area contributed by atoms with Crippen LogP contribution in [0, 0.1) is 0 Å². The van der Waals surface area contributed by atoms with Gasteiger partial charge in [-0.05, 0) is 31.5 Å². The molecule has 21 heavy (non-hydrogen) atoms. The zero-order valence-electron chi connectivity index (χ0n) is 12.7. The summed E-state index contributed by atoms with van der Waals surface area (Å²) in [7, 11) is 0. The van der Waals surface area contributed by atoms with Gasteiger partial charge in [0.25, 0.3) is 0 Å². The molecule has 0 spiro atoms. The van der Waals surface area contributed by atoms with Crippen molar-refractivity contribution >= 4 is 15.9 Å². The van der Waals surface area contributed by atoms with E-state index in [0.717, 1.165) is 41.2 Å². The van der Waals surface area contributed by atoms with Crippen LogP contribution in [-0.4, -0.2) is 44.6 Å². The third kappa shape index (κ3) is 6.65. The summed E-state index contributed by atoms with van der Waals surface area (Å²) >= 11 is 3.57. The van der Waals surface area contributed by atoms with E-state index in [9.17, 15) is 0 Å². The summed E-state index contributed by atoms with van der Waals surface area (Å²) in [6, 6.07) is 3.96. The predicted molar refractivity (Wildman–Crippen MR) is 88.1 cm³/mol. The summed E-state index contributed by atoms with van der Waals surface area (Å²) in [5.41, 5.74) is 1.13. The second-order valence-electron chi connectivity index (χ2n) is 4.41. The molecule has 0 aromatic heterocycles. The number of benzene rings is 1. The van der Waals surface area contributed by atoms with Crippen molar-refractivity contribution in [2.45, 2.75) is 20.4 Å². The molecule has 0 fully saturated rings. The van der Waals surface area contributed by atoms with Crippen molar-refractivity contribution in [3.05, 3.63) is 22.2 Å². The van der Waals surface area contributed by atoms with Gasteiger partial charge in [0.2, 0.25) is 0 Å². The number of halogens is 1. The number of rotatable bonds is 11. The lowest BCUT2D eigenvalue weighted by Crippen LogP contribution is -2.28. The normalized spacial score (nSPS) is 10.7. The molecular weight excluding hydrogens is 336 g/mol. The van der Waals surface area contributed by atoms with Crippen molar-refractivity contribution in [2.24, 2.45) is 0 Å². The first kappa shape index (κ1) is 18.2. The Morgan fingerprint density at radius 2 is 1.62 bits per heavy atom. The Balaban J connectivity index is 2.58. The molecule has 0 unspecified atom stereocenters. The lowest BCUT2D eigenvalue weighted by atomic mass is 10.2. The van der Waals surface area contributed by atoms with Crippen LogP contribution in [0.15, 0.2) is 16.6 Å². The van der Waals surface area contributed by atoms with Gasteiger partial charge in [-0.15, -0.1) is 0 Å². The first-order valence-electron chi connectivity index (χ1n) is 7.33. The lowest BCUT2D eigenvalue weighted by Gasteiger charge is -2.14. The Hall–Kier alpha value is -0.820. The van der Waals surface area contributed by atoms with Gasteiger partial charge in [-0.1, -0.05) is 15.9 Å². The van der Waals surface area contributed by atoms with Gasteiger partial charge in [-0.3, -0.25) is 0 Å². The van der Waals surface area contributed by atoms with E-state index in [1.165, 1.54) is 0 Å². The maximum atomic E-state index is 8.67. The highest BCUT2D eigenvalue weighted by Gasteiger charge is 2.10. The molecule has 6 heteroatoms. The van der Waals surface area contributed by atoms with Crippen molar-refractivity contribution in [3.63, 3.8) is 0 Å². The molecule has 0 heterocycles. The Labute approximate surface area is 135 Å². The minimum atomic E-state index is 0.169. The molecule has 0 atom stereocenters. The number of hydrogen-bond acceptors (Lipinski definition) is 5. The highest BCUT2D eigenvalue weighted by Crippen LogP contribution is 2.33. The number of aliphatic hydroxyl groups is 1. The first-order chi connectivity index (χ1) is 10.2. The molecule has 0 aliphatic rings. The second kappa shape index (κ2) is 10.8. The molecule has 1 rings (SSSR count). The average molecular weight is 361 g/mol. The molecule has 0 radical (unpaired) electrons. The van der Waals surface area contributed by atoms with Crippen LogP contribution >= 0.6 is 15.9 Å². The summed E-state index contributed by atoms with van der Waals surface area (Å²) in [5, 5.41) is 15.1. The van der Waals surface area contributed by atoms with Crippen LogP contribution in [0.5, 0.6) is 11.5 Å². The third-order valence-electron chi connectivity index (χ3n) is 2.80. The second-order valence-corrected chi connectivity index (χ2v) is 5.26. The minimum Gasteiger partial charge on any atom is -0.490 e. The zero-order chi connectivity index (χ0) is 15.5. The van der Waals surface area contributed by atoms with Crippen molar-refractivity contribution in [3.8, 4) is 11.5 Å². The first-order valence-corrected chi connectivity index (χ1v) is 8.12. The Kier molecular flexibility index (Phi) is 9.41. The van der Waals surface area contributed by atoms with E-state index in [0.29, 0.717) is 19.8 Å². The van der Waals surface area contributed by atoms with Crippen molar-refractivity contribution in [1.29, 1.82) is 0 Å². The third-order valence-corrected chi connectivity index (χ3v) is 3.53. The summed E-state index contributed by atoms with van der Waals surface area (Å²) in [6.45, 7) is 8.34. The lowest BCUT2D eigenvalue weighted by molar-refractivity contribution is 0.287. The molecule has 0 aliphatic heterocycles. The summed E-state index contributed by atoms with van der Waals surface area (Å²) in [5.74, 6) is 1.54. The van der Waals surface area contributed by atoms with Crippen LogP contribution in [0.1, 0.15) is 19.4 Å². The molecule has 0 saturated carbocycles. The minimum absolute atomic E-state index is 0.169. The van der Waals surface area contributed by atoms with E-state index >= 15 is 0 Å². The smallest absolute Gasteiger partial charge is 0.162 e. The summed E-state index contributed by atoms with van der Waals surface area (Å²) in [4.78, 5) is 0. The van der Waals surface area contributed by atoms with E-state index in [4.69, 9.17) is 14.6 Å². The predicted octanol–water partition coefficient (Wildman–Crippen LogP) is 1.92. The molecular formula is C15H25BrN2O3. The Morgan fingerprint density at radius 1 is 1.00 bits per heavy atom. The van der Waals surface area contributed by atoms with Crippen LogP contribution in [0.25, 0.3) is 0 Å². The van der Waals surface area contributed by atoms with Crippen LogP contribution in [0.3, 0.4) is 0 Å². The maximum Gasteiger partial charge on any atom is 0.162 e. The average Bonchev–Trinajstić information content (AvgIpc) is 2.47. The zero-order valence-corrected chi connectivity index (χ0v) is 14.3. The monoisotopic (exact) mass is 360 g/mol. The van der Waals surface area contributed by atoms with Gasteiger partial charge in [0.05, 0.1) is 19.8 Å². The van der Waals surface area contributed by atoms with E-state index in [2.05, 4.69) is 26.6 Å². The van der Waals surface area contributed by atoms with Gasteiger partial charge in [0.15, 0.2) is 11.5 Å². The van der Waals surface area contributed by atoms with Crippen LogP contribution in [0.4, 0.5) is 0 Å². The Morgan fingerprint density at radius 3 is 2.24 bits per heavy atom. The SMILES string of the molecule is CCOc1cc(Br)c(CNCCNCCO)cc1OCC. The fourth-order valence-electron chi connectivity index (χ4n) is 1.85. The van der Waals surface area contributed by atoms with Gasteiger partial charge >= 0.3 is 0 Å². The van der Waals surface area contributed by atoms with Crippen molar-refractivity contribution in [1.82, 2.24) is 10.6 Å². The summed E-state index contributed by atoms with van der Waals surface area (Å²) < 4.78 is 12.2. The van der Waals surface area contributed by atoms with Crippen molar-refractivity contribution in [2.75, 3.05) is 39.5 Å². The summed E-state index contributed by atoms with van der Waals surface area (Å²) in [6.07, 6.45) is 0.